The number of piperidine rings is 1. The van der Waals surface area contributed by atoms with Gasteiger partial charge in [-0.3, -0.25) is 4.79 Å². The smallest absolute Gasteiger partial charge is 0.209 e. The van der Waals surface area contributed by atoms with Gasteiger partial charge in [-0.2, -0.15) is 0 Å². The number of aromatic amines is 1. The number of hydrogen-bond donors (Lipinski definition) is 2. The highest BCUT2D eigenvalue weighted by Gasteiger charge is 2.41. The fraction of sp³-hybridized carbons (Fsp3) is 0.500. The van der Waals surface area contributed by atoms with Crippen molar-refractivity contribution in [2.24, 2.45) is 0 Å². The van der Waals surface area contributed by atoms with Gasteiger partial charge in [-0.1, -0.05) is 49.4 Å². The van der Waals surface area contributed by atoms with E-state index in [-0.39, 0.29) is 11.6 Å². The minimum Gasteiger partial charge on any atom is -0.474 e. The third-order valence-electron chi connectivity index (χ3n) is 8.43. The van der Waals surface area contributed by atoms with Gasteiger partial charge >= 0.3 is 0 Å². The van der Waals surface area contributed by atoms with Crippen molar-refractivity contribution in [3.8, 4) is 0 Å². The van der Waals surface area contributed by atoms with Crippen molar-refractivity contribution in [1.29, 1.82) is 0 Å². The maximum atomic E-state index is 9.43. The third-order valence-corrected chi connectivity index (χ3v) is 8.43. The van der Waals surface area contributed by atoms with E-state index >= 15 is 0 Å². The molecule has 1 aliphatic carbocycles. The molecule has 1 aliphatic heterocycles. The molecule has 1 saturated heterocycles. The van der Waals surface area contributed by atoms with Crippen LogP contribution in [0.25, 0.3) is 10.9 Å². The zero-order valence-corrected chi connectivity index (χ0v) is 25.3. The monoisotopic (exact) mass is 544 g/mol. The summed E-state index contributed by atoms with van der Waals surface area (Å²) in [6.45, 7) is 16.0. The Morgan fingerprint density at radius 3 is 2.45 bits per heavy atom. The van der Waals surface area contributed by atoms with Gasteiger partial charge < -0.3 is 24.8 Å². The molecule has 2 heterocycles. The fourth-order valence-corrected chi connectivity index (χ4v) is 6.35. The van der Waals surface area contributed by atoms with E-state index in [0.29, 0.717) is 17.2 Å². The molecule has 2 N–H and O–H groups in total. The maximum absolute atomic E-state index is 9.43. The highest BCUT2D eigenvalue weighted by molar-refractivity contribution is 5.83. The minimum atomic E-state index is -0.272. The van der Waals surface area contributed by atoms with Crippen LogP contribution in [0.5, 0.6) is 0 Å². The van der Waals surface area contributed by atoms with Gasteiger partial charge in [0.05, 0.1) is 0 Å². The SMILES string of the molecule is C=C(N[C@@H](CN1CCC2(CCc3ccccc32)CC1)[C@H](C)c1c[nH]c2ccccc12)OC(C)(C)C.CN(C)C=O. The molecule has 216 valence electrons. The summed E-state index contributed by atoms with van der Waals surface area (Å²) in [4.78, 5) is 17.0. The van der Waals surface area contributed by atoms with Gasteiger partial charge in [0, 0.05) is 49.7 Å². The summed E-state index contributed by atoms with van der Waals surface area (Å²) in [6, 6.07) is 17.9. The quantitative estimate of drug-likeness (QED) is 0.262. The molecule has 0 radical (unpaired) electrons. The number of rotatable bonds is 8. The van der Waals surface area contributed by atoms with E-state index in [9.17, 15) is 4.79 Å². The van der Waals surface area contributed by atoms with Crippen molar-refractivity contribution in [3.63, 3.8) is 0 Å². The topological polar surface area (TPSA) is 60.6 Å². The molecule has 0 unspecified atom stereocenters. The van der Waals surface area contributed by atoms with Crippen LogP contribution in [0.2, 0.25) is 0 Å². The molecule has 1 aromatic heterocycles. The molecule has 1 amide bonds. The summed E-state index contributed by atoms with van der Waals surface area (Å²) in [7, 11) is 3.38. The highest BCUT2D eigenvalue weighted by Crippen LogP contribution is 2.46. The van der Waals surface area contributed by atoms with Crippen LogP contribution in [0.3, 0.4) is 0 Å². The van der Waals surface area contributed by atoms with Gasteiger partial charge in [0.1, 0.15) is 5.60 Å². The number of hydrogen-bond acceptors (Lipinski definition) is 4. The first kappa shape index (κ1) is 29.7. The first-order valence-electron chi connectivity index (χ1n) is 14.6. The summed E-state index contributed by atoms with van der Waals surface area (Å²) >= 11 is 0. The summed E-state index contributed by atoms with van der Waals surface area (Å²) in [6.07, 6.45) is 7.97. The van der Waals surface area contributed by atoms with Crippen molar-refractivity contribution in [2.45, 2.75) is 76.4 Å². The van der Waals surface area contributed by atoms with Gasteiger partial charge in [0.2, 0.25) is 6.41 Å². The van der Waals surface area contributed by atoms with Gasteiger partial charge in [-0.25, -0.2) is 0 Å². The highest BCUT2D eigenvalue weighted by atomic mass is 16.5. The van der Waals surface area contributed by atoms with Gasteiger partial charge in [-0.15, -0.1) is 0 Å². The van der Waals surface area contributed by atoms with Crippen LogP contribution in [0.4, 0.5) is 0 Å². The number of nitrogens with zero attached hydrogens (tertiary/aromatic N) is 2. The van der Waals surface area contributed by atoms with E-state index in [1.165, 1.54) is 47.0 Å². The number of likely N-dealkylation sites (tertiary alicyclic amines) is 1. The number of aryl methyl sites for hydroxylation is 1. The Morgan fingerprint density at radius 1 is 1.12 bits per heavy atom. The zero-order chi connectivity index (χ0) is 28.9. The van der Waals surface area contributed by atoms with Crippen molar-refractivity contribution < 1.29 is 9.53 Å². The van der Waals surface area contributed by atoms with Crippen molar-refractivity contribution >= 4 is 17.3 Å². The first-order valence-corrected chi connectivity index (χ1v) is 14.6. The molecule has 6 heteroatoms. The molecule has 1 spiro atoms. The maximum Gasteiger partial charge on any atom is 0.209 e. The number of H-pyrrole nitrogens is 1. The summed E-state index contributed by atoms with van der Waals surface area (Å²) in [5.74, 6) is 0.960. The Hall–Kier alpha value is -3.25. The van der Waals surface area contributed by atoms with Crippen molar-refractivity contribution in [1.82, 2.24) is 20.1 Å². The van der Waals surface area contributed by atoms with Crippen LogP contribution in [-0.4, -0.2) is 66.6 Å². The second-order valence-electron chi connectivity index (χ2n) is 12.8. The lowest BCUT2D eigenvalue weighted by Gasteiger charge is -2.42. The number of carbonyl (C=O) groups is 1. The molecule has 0 bridgehead atoms. The molecule has 1 fully saturated rings. The minimum absolute atomic E-state index is 0.203. The Bertz CT molecular complexity index is 1280. The molecule has 6 nitrogen and oxygen atoms in total. The van der Waals surface area contributed by atoms with E-state index in [4.69, 9.17) is 4.74 Å². The van der Waals surface area contributed by atoms with E-state index in [2.05, 4.69) is 104 Å². The lowest BCUT2D eigenvalue weighted by Crippen LogP contribution is -2.49. The first-order chi connectivity index (χ1) is 19.0. The molecular formula is C34H48N4O2. The van der Waals surface area contributed by atoms with Crippen LogP contribution < -0.4 is 5.32 Å². The Kier molecular flexibility index (Phi) is 9.29. The summed E-state index contributed by atoms with van der Waals surface area (Å²) < 4.78 is 6.10. The molecule has 2 atom stereocenters. The molecule has 5 rings (SSSR count). The third kappa shape index (κ3) is 7.08. The zero-order valence-electron chi connectivity index (χ0n) is 25.3. The van der Waals surface area contributed by atoms with Crippen LogP contribution in [0.1, 0.15) is 69.6 Å². The van der Waals surface area contributed by atoms with E-state index in [1.807, 2.05) is 0 Å². The fourth-order valence-electron chi connectivity index (χ4n) is 6.35. The Morgan fingerprint density at radius 2 is 1.77 bits per heavy atom. The predicted molar refractivity (Wildman–Crippen MR) is 165 cm³/mol. The average molecular weight is 545 g/mol. The van der Waals surface area contributed by atoms with Gasteiger partial charge in [0.15, 0.2) is 5.88 Å². The molecule has 40 heavy (non-hydrogen) atoms. The predicted octanol–water partition coefficient (Wildman–Crippen LogP) is 6.20. The van der Waals surface area contributed by atoms with E-state index < -0.39 is 0 Å². The van der Waals surface area contributed by atoms with Crippen LogP contribution in [0.15, 0.2) is 67.2 Å². The van der Waals surface area contributed by atoms with Crippen LogP contribution in [0, 0.1) is 0 Å². The number of fused-ring (bicyclic) bond motifs is 3. The van der Waals surface area contributed by atoms with Crippen LogP contribution in [-0.2, 0) is 21.4 Å². The molecule has 0 saturated carbocycles. The Balaban J connectivity index is 0.000000681. The standard InChI is InChI=1S/C31H41N3O.C3H7NO/c1-22(26-20-32-28-13-9-7-11-25(26)28)29(33-23(2)35-30(3,4)5)21-34-18-16-31(17-19-34)15-14-24-10-6-8-12-27(24)31;1-4(2)3-5/h6-13,20,22,29,32-33H,2,14-19,21H2,1,3-5H3;3H,1-2H3/t22-,29+;/m1./s1. The summed E-state index contributed by atoms with van der Waals surface area (Å²) in [5.41, 5.74) is 5.85. The van der Waals surface area contributed by atoms with E-state index in [0.717, 1.165) is 26.0 Å². The van der Waals surface area contributed by atoms with E-state index in [1.54, 1.807) is 25.2 Å². The lowest BCUT2D eigenvalue weighted by atomic mass is 9.73. The second-order valence-corrected chi connectivity index (χ2v) is 12.8. The van der Waals surface area contributed by atoms with Gasteiger partial charge in [-0.05, 0) is 94.3 Å². The average Bonchev–Trinajstić information content (AvgIpc) is 3.51. The number of carbonyl (C=O) groups excluding carboxylic acids is 1. The number of benzene rings is 2. The lowest BCUT2D eigenvalue weighted by molar-refractivity contribution is -0.115. The molecular weight excluding hydrogens is 496 g/mol. The van der Waals surface area contributed by atoms with Gasteiger partial charge in [0.25, 0.3) is 0 Å². The van der Waals surface area contributed by atoms with Crippen molar-refractivity contribution in [3.05, 3.63) is 83.9 Å². The number of amides is 1. The molecule has 3 aromatic rings. The van der Waals surface area contributed by atoms with Crippen molar-refractivity contribution in [2.75, 3.05) is 33.7 Å². The number of ether oxygens (including phenoxy) is 1. The largest absolute Gasteiger partial charge is 0.474 e. The number of aromatic nitrogens is 1. The molecule has 2 aromatic carbocycles. The Labute approximate surface area is 240 Å². The second kappa shape index (κ2) is 12.5. The number of para-hydroxylation sites is 1. The molecule has 2 aliphatic rings. The van der Waals surface area contributed by atoms with Crippen LogP contribution >= 0.6 is 0 Å². The normalized spacial score (nSPS) is 17.9. The number of nitrogens with one attached hydrogen (secondary N) is 2. The summed E-state index contributed by atoms with van der Waals surface area (Å²) in [5, 5.41) is 4.98.